The first-order valence-corrected chi connectivity index (χ1v) is 4.31. The molecular formula is C6H5BrCl2N2. The highest BCUT2D eigenvalue weighted by molar-refractivity contribution is 9.10. The Morgan fingerprint density at radius 3 is 2.09 bits per heavy atom. The molecule has 0 spiro atoms. The van der Waals surface area contributed by atoms with Gasteiger partial charge >= 0.3 is 0 Å². The number of nitrogen functional groups attached to an aromatic ring is 1. The molecule has 0 heterocycles. The molecule has 1 aromatic rings. The number of hydrogen-bond acceptors (Lipinski definition) is 2. The van der Waals surface area contributed by atoms with Crippen molar-refractivity contribution >= 4 is 44.8 Å². The first kappa shape index (κ1) is 9.13. The molecule has 0 atom stereocenters. The van der Waals surface area contributed by atoms with Gasteiger partial charge in [-0.2, -0.15) is 0 Å². The summed E-state index contributed by atoms with van der Waals surface area (Å²) in [5, 5.41) is 0.985. The minimum atomic E-state index is 0.492. The van der Waals surface area contributed by atoms with Crippen LogP contribution in [0.15, 0.2) is 16.6 Å². The van der Waals surface area contributed by atoms with Gasteiger partial charge in [-0.25, -0.2) is 0 Å². The number of hydrazine groups is 1. The van der Waals surface area contributed by atoms with E-state index in [2.05, 4.69) is 21.4 Å². The number of rotatable bonds is 1. The van der Waals surface area contributed by atoms with Crippen LogP contribution in [-0.2, 0) is 0 Å². The fourth-order valence-electron chi connectivity index (χ4n) is 0.680. The molecule has 3 N–H and O–H groups in total. The van der Waals surface area contributed by atoms with E-state index >= 15 is 0 Å². The summed E-state index contributed by atoms with van der Waals surface area (Å²) in [6.45, 7) is 0. The lowest BCUT2D eigenvalue weighted by Crippen LogP contribution is -2.07. The van der Waals surface area contributed by atoms with Gasteiger partial charge in [-0.1, -0.05) is 39.1 Å². The molecule has 0 aliphatic rings. The van der Waals surface area contributed by atoms with Gasteiger partial charge in [-0.05, 0) is 12.1 Å². The van der Waals surface area contributed by atoms with Crippen LogP contribution in [0.25, 0.3) is 0 Å². The molecule has 0 aliphatic carbocycles. The Bertz CT molecular complexity index is 254. The maximum atomic E-state index is 5.78. The Morgan fingerprint density at radius 2 is 1.73 bits per heavy atom. The molecule has 0 fully saturated rings. The smallest absolute Gasteiger partial charge is 0.0861 e. The first-order chi connectivity index (χ1) is 5.15. The van der Waals surface area contributed by atoms with E-state index in [0.29, 0.717) is 15.7 Å². The third-order valence-corrected chi connectivity index (χ3v) is 2.21. The van der Waals surface area contributed by atoms with E-state index in [0.717, 1.165) is 4.47 Å². The molecule has 0 unspecified atom stereocenters. The zero-order valence-corrected chi connectivity index (χ0v) is 8.46. The van der Waals surface area contributed by atoms with E-state index in [9.17, 15) is 0 Å². The van der Waals surface area contributed by atoms with Crippen molar-refractivity contribution in [3.63, 3.8) is 0 Å². The minimum Gasteiger partial charge on any atom is -0.321 e. The highest BCUT2D eigenvalue weighted by Crippen LogP contribution is 2.32. The van der Waals surface area contributed by atoms with Gasteiger partial charge < -0.3 is 5.43 Å². The van der Waals surface area contributed by atoms with Crippen LogP contribution in [0.1, 0.15) is 0 Å². The van der Waals surface area contributed by atoms with E-state index in [1.807, 2.05) is 0 Å². The molecule has 0 bridgehead atoms. The van der Waals surface area contributed by atoms with Crippen LogP contribution in [0.3, 0.4) is 0 Å². The summed E-state index contributed by atoms with van der Waals surface area (Å²) in [6.07, 6.45) is 0. The van der Waals surface area contributed by atoms with Crippen molar-refractivity contribution in [2.45, 2.75) is 0 Å². The van der Waals surface area contributed by atoms with E-state index < -0.39 is 0 Å². The normalized spacial score (nSPS) is 9.82. The largest absolute Gasteiger partial charge is 0.321 e. The van der Waals surface area contributed by atoms with Gasteiger partial charge in [0.25, 0.3) is 0 Å². The van der Waals surface area contributed by atoms with Crippen molar-refractivity contribution in [3.8, 4) is 0 Å². The van der Waals surface area contributed by atoms with Gasteiger partial charge in [0, 0.05) is 4.47 Å². The summed E-state index contributed by atoms with van der Waals surface area (Å²) in [5.74, 6) is 5.17. The average molecular weight is 256 g/mol. The highest BCUT2D eigenvalue weighted by atomic mass is 79.9. The Morgan fingerprint density at radius 1 is 1.27 bits per heavy atom. The quantitative estimate of drug-likeness (QED) is 0.598. The SMILES string of the molecule is NNc1c(Cl)cc(Br)cc1Cl. The molecule has 0 saturated carbocycles. The van der Waals surface area contributed by atoms with E-state index in [-0.39, 0.29) is 0 Å². The third-order valence-electron chi connectivity index (χ3n) is 1.15. The number of halogens is 3. The lowest BCUT2D eigenvalue weighted by Gasteiger charge is -2.05. The van der Waals surface area contributed by atoms with E-state index in [1.54, 1.807) is 12.1 Å². The molecule has 0 radical (unpaired) electrons. The van der Waals surface area contributed by atoms with Crippen molar-refractivity contribution in [1.82, 2.24) is 0 Å². The molecule has 0 aromatic heterocycles. The third kappa shape index (κ3) is 1.99. The first-order valence-electron chi connectivity index (χ1n) is 2.76. The van der Waals surface area contributed by atoms with Crippen LogP contribution in [0.4, 0.5) is 5.69 Å². The Balaban J connectivity index is 3.25. The van der Waals surface area contributed by atoms with Crippen LogP contribution in [-0.4, -0.2) is 0 Å². The Labute approximate surface area is 82.8 Å². The molecule has 11 heavy (non-hydrogen) atoms. The molecule has 0 amide bonds. The number of nitrogens with one attached hydrogen (secondary N) is 1. The maximum Gasteiger partial charge on any atom is 0.0861 e. The standard InChI is InChI=1S/C6H5BrCl2N2/c7-3-1-4(8)6(11-10)5(9)2-3/h1-2,11H,10H2. The molecule has 2 nitrogen and oxygen atoms in total. The second-order valence-corrected chi connectivity index (χ2v) is 3.62. The van der Waals surface area contributed by atoms with Crippen LogP contribution in [0.5, 0.6) is 0 Å². The average Bonchev–Trinajstić information content (AvgIpc) is 1.85. The molecular weight excluding hydrogens is 251 g/mol. The summed E-state index contributed by atoms with van der Waals surface area (Å²) in [6, 6.07) is 3.42. The van der Waals surface area contributed by atoms with Gasteiger partial charge in [-0.3, -0.25) is 5.84 Å². The Hall–Kier alpha value is 0.0400. The van der Waals surface area contributed by atoms with Crippen LogP contribution >= 0.6 is 39.1 Å². The van der Waals surface area contributed by atoms with Crippen molar-refractivity contribution in [2.75, 3.05) is 5.43 Å². The number of nitrogens with two attached hydrogens (primary N) is 1. The number of anilines is 1. The summed E-state index contributed by atoms with van der Waals surface area (Å²) < 4.78 is 0.825. The maximum absolute atomic E-state index is 5.78. The van der Waals surface area contributed by atoms with E-state index in [4.69, 9.17) is 29.0 Å². The lowest BCUT2D eigenvalue weighted by molar-refractivity contribution is 1.35. The fourth-order valence-corrected chi connectivity index (χ4v) is 2.00. The van der Waals surface area contributed by atoms with Crippen LogP contribution < -0.4 is 11.3 Å². The highest BCUT2D eigenvalue weighted by Gasteiger charge is 2.04. The zero-order chi connectivity index (χ0) is 8.43. The molecule has 1 rings (SSSR count). The van der Waals surface area contributed by atoms with Gasteiger partial charge in [0.2, 0.25) is 0 Å². The van der Waals surface area contributed by atoms with Crippen LogP contribution in [0.2, 0.25) is 10.0 Å². The monoisotopic (exact) mass is 254 g/mol. The van der Waals surface area contributed by atoms with Crippen molar-refractivity contribution in [3.05, 3.63) is 26.7 Å². The molecule has 5 heteroatoms. The predicted molar refractivity (Wildman–Crippen MR) is 52.0 cm³/mol. The van der Waals surface area contributed by atoms with Crippen molar-refractivity contribution < 1.29 is 0 Å². The molecule has 1 aromatic carbocycles. The summed E-state index contributed by atoms with van der Waals surface area (Å²) >= 11 is 14.8. The van der Waals surface area contributed by atoms with Crippen molar-refractivity contribution in [1.29, 1.82) is 0 Å². The minimum absolute atomic E-state index is 0.492. The Kier molecular flexibility index (Phi) is 3.01. The predicted octanol–water partition coefficient (Wildman–Crippen LogP) is 3.04. The van der Waals surface area contributed by atoms with Gasteiger partial charge in [0.05, 0.1) is 15.7 Å². The van der Waals surface area contributed by atoms with E-state index in [1.165, 1.54) is 0 Å². The summed E-state index contributed by atoms with van der Waals surface area (Å²) in [4.78, 5) is 0. The van der Waals surface area contributed by atoms with Gasteiger partial charge in [0.1, 0.15) is 0 Å². The second kappa shape index (κ2) is 3.63. The summed E-state index contributed by atoms with van der Waals surface area (Å²) in [7, 11) is 0. The number of benzene rings is 1. The van der Waals surface area contributed by atoms with Crippen molar-refractivity contribution in [2.24, 2.45) is 5.84 Å². The fraction of sp³-hybridized carbons (Fsp3) is 0. The van der Waals surface area contributed by atoms with Gasteiger partial charge in [-0.15, -0.1) is 0 Å². The van der Waals surface area contributed by atoms with Crippen LogP contribution in [0, 0.1) is 0 Å². The number of hydrogen-bond donors (Lipinski definition) is 2. The second-order valence-electron chi connectivity index (χ2n) is 1.89. The topological polar surface area (TPSA) is 38.0 Å². The molecule has 0 aliphatic heterocycles. The summed E-state index contributed by atoms with van der Waals surface area (Å²) in [5.41, 5.74) is 2.94. The molecule has 60 valence electrons. The van der Waals surface area contributed by atoms with Gasteiger partial charge in [0.15, 0.2) is 0 Å². The molecule has 0 saturated heterocycles. The zero-order valence-electron chi connectivity index (χ0n) is 5.37. The lowest BCUT2D eigenvalue weighted by atomic mass is 10.3.